The standard InChI is InChI=1S/C13H17NO3.ClH/c15-12(16)11(10-4-2-1-3-5-10)13(17)6-8-14-9-7-13;/h1-5,11,14,17H,6-9H2,(H,15,16);1H. The highest BCUT2D eigenvalue weighted by atomic mass is 35.5. The van der Waals surface area contributed by atoms with Crippen molar-refractivity contribution in [3.63, 3.8) is 0 Å². The second kappa shape index (κ2) is 6.18. The van der Waals surface area contributed by atoms with Gasteiger partial charge in [0.25, 0.3) is 0 Å². The molecule has 1 atom stereocenters. The van der Waals surface area contributed by atoms with E-state index in [9.17, 15) is 15.0 Å². The Morgan fingerprint density at radius 3 is 2.28 bits per heavy atom. The Hall–Kier alpha value is -1.10. The van der Waals surface area contributed by atoms with E-state index in [1.54, 1.807) is 24.3 Å². The minimum atomic E-state index is -1.14. The second-order valence-corrected chi connectivity index (χ2v) is 4.54. The Morgan fingerprint density at radius 1 is 1.22 bits per heavy atom. The van der Waals surface area contributed by atoms with Crippen LogP contribution in [0.3, 0.4) is 0 Å². The molecule has 1 saturated heterocycles. The summed E-state index contributed by atoms with van der Waals surface area (Å²) >= 11 is 0. The number of benzene rings is 1. The molecule has 1 aromatic rings. The van der Waals surface area contributed by atoms with Crippen molar-refractivity contribution in [3.8, 4) is 0 Å². The smallest absolute Gasteiger partial charge is 0.313 e. The molecule has 18 heavy (non-hydrogen) atoms. The Kier molecular flexibility index (Phi) is 5.14. The zero-order chi connectivity index (χ0) is 12.3. The first-order valence-electron chi connectivity index (χ1n) is 5.84. The minimum Gasteiger partial charge on any atom is -0.481 e. The molecule has 0 aromatic heterocycles. The lowest BCUT2D eigenvalue weighted by Crippen LogP contribution is -2.48. The molecule has 1 aliphatic heterocycles. The first-order chi connectivity index (χ1) is 8.13. The summed E-state index contributed by atoms with van der Waals surface area (Å²) in [5.41, 5.74) is -0.470. The van der Waals surface area contributed by atoms with E-state index in [2.05, 4.69) is 5.32 Å². The molecular weight excluding hydrogens is 254 g/mol. The van der Waals surface area contributed by atoms with Crippen molar-refractivity contribution in [1.29, 1.82) is 0 Å². The van der Waals surface area contributed by atoms with Crippen LogP contribution in [0, 0.1) is 0 Å². The van der Waals surface area contributed by atoms with Gasteiger partial charge in [0.2, 0.25) is 0 Å². The van der Waals surface area contributed by atoms with E-state index in [4.69, 9.17) is 0 Å². The topological polar surface area (TPSA) is 69.6 Å². The Balaban J connectivity index is 0.00000162. The summed E-state index contributed by atoms with van der Waals surface area (Å²) in [5, 5.41) is 23.0. The van der Waals surface area contributed by atoms with Gasteiger partial charge in [0, 0.05) is 0 Å². The SMILES string of the molecule is Cl.O=C(O)C(c1ccccc1)C1(O)CCNCC1. The molecule has 0 amide bonds. The summed E-state index contributed by atoms with van der Waals surface area (Å²) < 4.78 is 0. The fraction of sp³-hybridized carbons (Fsp3) is 0.462. The first-order valence-corrected chi connectivity index (χ1v) is 5.84. The zero-order valence-electron chi connectivity index (χ0n) is 10.0. The Labute approximate surface area is 112 Å². The third kappa shape index (κ3) is 3.02. The zero-order valence-corrected chi connectivity index (χ0v) is 10.8. The molecule has 1 fully saturated rings. The van der Waals surface area contributed by atoms with Crippen LogP contribution in [0.25, 0.3) is 0 Å². The lowest BCUT2D eigenvalue weighted by atomic mass is 9.76. The number of rotatable bonds is 3. The number of carboxylic acids is 1. The third-order valence-electron chi connectivity index (χ3n) is 3.39. The van der Waals surface area contributed by atoms with Crippen LogP contribution in [0.4, 0.5) is 0 Å². The molecule has 1 heterocycles. The molecule has 1 aromatic carbocycles. The predicted octanol–water partition coefficient (Wildman–Crippen LogP) is 1.39. The van der Waals surface area contributed by atoms with E-state index in [0.29, 0.717) is 31.5 Å². The van der Waals surface area contributed by atoms with Crippen molar-refractivity contribution in [2.75, 3.05) is 13.1 Å². The molecule has 4 nitrogen and oxygen atoms in total. The summed E-state index contributed by atoms with van der Waals surface area (Å²) in [6.45, 7) is 1.32. The van der Waals surface area contributed by atoms with Gasteiger partial charge in [-0.15, -0.1) is 12.4 Å². The highest BCUT2D eigenvalue weighted by Gasteiger charge is 2.43. The predicted molar refractivity (Wildman–Crippen MR) is 71.1 cm³/mol. The van der Waals surface area contributed by atoms with Crippen molar-refractivity contribution in [3.05, 3.63) is 35.9 Å². The van der Waals surface area contributed by atoms with Gasteiger partial charge in [0.05, 0.1) is 5.60 Å². The monoisotopic (exact) mass is 271 g/mol. The van der Waals surface area contributed by atoms with Crippen molar-refractivity contribution in [2.45, 2.75) is 24.4 Å². The maximum absolute atomic E-state index is 11.4. The molecule has 0 bridgehead atoms. The van der Waals surface area contributed by atoms with E-state index in [-0.39, 0.29) is 12.4 Å². The summed E-state index contributed by atoms with van der Waals surface area (Å²) in [7, 11) is 0. The summed E-state index contributed by atoms with van der Waals surface area (Å²) in [4.78, 5) is 11.4. The van der Waals surface area contributed by atoms with Crippen molar-refractivity contribution < 1.29 is 15.0 Å². The molecule has 3 N–H and O–H groups in total. The molecule has 0 spiro atoms. The number of aliphatic carboxylic acids is 1. The molecular formula is C13H18ClNO3. The average molecular weight is 272 g/mol. The van der Waals surface area contributed by atoms with Gasteiger partial charge in [-0.25, -0.2) is 0 Å². The summed E-state index contributed by atoms with van der Waals surface area (Å²) in [5.74, 6) is -1.80. The summed E-state index contributed by atoms with van der Waals surface area (Å²) in [6, 6.07) is 8.97. The first kappa shape index (κ1) is 15.0. The number of carbonyl (C=O) groups is 1. The van der Waals surface area contributed by atoms with Crippen LogP contribution in [-0.2, 0) is 4.79 Å². The average Bonchev–Trinajstić information content (AvgIpc) is 2.30. The van der Waals surface area contributed by atoms with E-state index >= 15 is 0 Å². The van der Waals surface area contributed by atoms with Crippen LogP contribution in [-0.4, -0.2) is 34.9 Å². The molecule has 1 unspecified atom stereocenters. The fourth-order valence-corrected chi connectivity index (χ4v) is 2.48. The number of aliphatic hydroxyl groups is 1. The maximum Gasteiger partial charge on any atom is 0.313 e. The normalized spacial score (nSPS) is 19.6. The maximum atomic E-state index is 11.4. The van der Waals surface area contributed by atoms with Crippen LogP contribution < -0.4 is 5.32 Å². The number of piperidine rings is 1. The number of carboxylic acid groups (broad SMARTS) is 1. The van der Waals surface area contributed by atoms with Gasteiger partial charge < -0.3 is 15.5 Å². The number of hydrogen-bond donors (Lipinski definition) is 3. The van der Waals surface area contributed by atoms with E-state index in [0.717, 1.165) is 0 Å². The van der Waals surface area contributed by atoms with E-state index in [1.807, 2.05) is 6.07 Å². The second-order valence-electron chi connectivity index (χ2n) is 4.54. The van der Waals surface area contributed by atoms with Gasteiger partial charge >= 0.3 is 5.97 Å². The lowest BCUT2D eigenvalue weighted by molar-refractivity contribution is -0.147. The van der Waals surface area contributed by atoms with Gasteiger partial charge in [0.1, 0.15) is 5.92 Å². The van der Waals surface area contributed by atoms with Crippen LogP contribution in [0.15, 0.2) is 30.3 Å². The van der Waals surface area contributed by atoms with Gasteiger partial charge in [-0.3, -0.25) is 4.79 Å². The van der Waals surface area contributed by atoms with Gasteiger partial charge in [-0.2, -0.15) is 0 Å². The molecule has 0 saturated carbocycles. The molecule has 2 rings (SSSR count). The number of nitrogens with one attached hydrogen (secondary N) is 1. The van der Waals surface area contributed by atoms with Crippen molar-refractivity contribution >= 4 is 18.4 Å². The van der Waals surface area contributed by atoms with Crippen molar-refractivity contribution in [1.82, 2.24) is 5.32 Å². The van der Waals surface area contributed by atoms with Gasteiger partial charge in [0.15, 0.2) is 0 Å². The molecule has 100 valence electrons. The molecule has 0 aliphatic carbocycles. The van der Waals surface area contributed by atoms with E-state index in [1.165, 1.54) is 0 Å². The fourth-order valence-electron chi connectivity index (χ4n) is 2.48. The number of halogens is 1. The third-order valence-corrected chi connectivity index (χ3v) is 3.39. The Morgan fingerprint density at radius 2 is 1.78 bits per heavy atom. The molecule has 5 heteroatoms. The molecule has 1 aliphatic rings. The van der Waals surface area contributed by atoms with Crippen LogP contribution in [0.2, 0.25) is 0 Å². The lowest BCUT2D eigenvalue weighted by Gasteiger charge is -2.37. The van der Waals surface area contributed by atoms with Gasteiger partial charge in [-0.05, 0) is 31.5 Å². The highest BCUT2D eigenvalue weighted by Crippen LogP contribution is 2.35. The van der Waals surface area contributed by atoms with Gasteiger partial charge in [-0.1, -0.05) is 30.3 Å². The quantitative estimate of drug-likeness (QED) is 0.777. The van der Waals surface area contributed by atoms with E-state index < -0.39 is 17.5 Å². The van der Waals surface area contributed by atoms with Crippen LogP contribution in [0.5, 0.6) is 0 Å². The van der Waals surface area contributed by atoms with Crippen LogP contribution in [0.1, 0.15) is 24.3 Å². The Bertz CT molecular complexity index is 390. The minimum absolute atomic E-state index is 0. The van der Waals surface area contributed by atoms with Crippen LogP contribution >= 0.6 is 12.4 Å². The number of hydrogen-bond acceptors (Lipinski definition) is 3. The largest absolute Gasteiger partial charge is 0.481 e. The highest BCUT2D eigenvalue weighted by molar-refractivity contribution is 5.85. The molecule has 0 radical (unpaired) electrons. The summed E-state index contributed by atoms with van der Waals surface area (Å²) in [6.07, 6.45) is 0.942. The van der Waals surface area contributed by atoms with Crippen molar-refractivity contribution in [2.24, 2.45) is 0 Å².